The summed E-state index contributed by atoms with van der Waals surface area (Å²) in [7, 11) is -9.05. The molecule has 2 rings (SSSR count). The first-order chi connectivity index (χ1) is 10.5. The van der Waals surface area contributed by atoms with Gasteiger partial charge in [-0.2, -0.15) is 50.6 Å². The van der Waals surface area contributed by atoms with Crippen LogP contribution in [0, 0.1) is 0 Å². The van der Waals surface area contributed by atoms with E-state index in [1.807, 2.05) is 0 Å². The SMILES string of the molecule is C[n+]1ccn(S(=O)(=O)N2CCSCC2)c1OS(=O)(=O)C(F)(F)F. The Labute approximate surface area is 135 Å². The Morgan fingerprint density at radius 3 is 2.30 bits per heavy atom. The van der Waals surface area contributed by atoms with Gasteiger partial charge in [-0.25, -0.2) is 0 Å². The van der Waals surface area contributed by atoms with Crippen LogP contribution in [0.15, 0.2) is 12.4 Å². The maximum Gasteiger partial charge on any atom is 0.534 e. The van der Waals surface area contributed by atoms with E-state index in [1.54, 1.807) is 0 Å². The maximum absolute atomic E-state index is 12.5. The molecule has 0 radical (unpaired) electrons. The van der Waals surface area contributed by atoms with Gasteiger partial charge in [0.15, 0.2) is 6.20 Å². The number of aryl methyl sites for hydroxylation is 1. The molecule has 14 heteroatoms. The summed E-state index contributed by atoms with van der Waals surface area (Å²) in [4.78, 5) is 0. The zero-order valence-corrected chi connectivity index (χ0v) is 14.2. The monoisotopic (exact) mass is 396 g/mol. The third kappa shape index (κ3) is 3.59. The van der Waals surface area contributed by atoms with Gasteiger partial charge < -0.3 is 4.18 Å². The molecule has 23 heavy (non-hydrogen) atoms. The van der Waals surface area contributed by atoms with Gasteiger partial charge in [0.2, 0.25) is 0 Å². The molecule has 1 saturated heterocycles. The Hall–Kier alpha value is -0.990. The highest BCUT2D eigenvalue weighted by molar-refractivity contribution is 7.99. The Morgan fingerprint density at radius 1 is 1.22 bits per heavy atom. The summed E-state index contributed by atoms with van der Waals surface area (Å²) < 4.78 is 90.8. The number of imidazole rings is 1. The van der Waals surface area contributed by atoms with E-state index < -0.39 is 31.8 Å². The van der Waals surface area contributed by atoms with Crippen molar-refractivity contribution in [3.05, 3.63) is 12.4 Å². The molecule has 1 aromatic heterocycles. The largest absolute Gasteiger partial charge is 0.534 e. The molecule has 132 valence electrons. The standard InChI is InChI=1S/C9H13F3N3O5S3/c1-13-2-3-15(8(13)20-22(16,17)9(10,11)12)23(18,19)14-4-6-21-7-5-14/h2-3H,4-7H2,1H3/q+1. The molecule has 0 unspecified atom stereocenters. The minimum Gasteiger partial charge on any atom is -0.301 e. The van der Waals surface area contributed by atoms with Crippen LogP contribution in [0.2, 0.25) is 0 Å². The fourth-order valence-corrected chi connectivity index (χ4v) is 4.90. The van der Waals surface area contributed by atoms with Gasteiger partial charge in [-0.3, -0.25) is 0 Å². The molecule has 0 saturated carbocycles. The van der Waals surface area contributed by atoms with E-state index in [-0.39, 0.29) is 13.1 Å². The molecule has 0 N–H and O–H groups in total. The molecule has 1 aliphatic heterocycles. The molecule has 0 aromatic carbocycles. The average Bonchev–Trinajstić information content (AvgIpc) is 2.80. The number of halogens is 3. The van der Waals surface area contributed by atoms with Gasteiger partial charge in [-0.05, 0) is 0 Å². The summed E-state index contributed by atoms with van der Waals surface area (Å²) in [5.74, 6) is 1.06. The van der Waals surface area contributed by atoms with Gasteiger partial charge in [0.05, 0.1) is 7.05 Å². The van der Waals surface area contributed by atoms with Gasteiger partial charge in [0.25, 0.3) is 0 Å². The Kier molecular flexibility index (Phi) is 4.90. The Bertz CT molecular complexity index is 781. The second kappa shape index (κ2) is 6.14. The molecule has 0 atom stereocenters. The lowest BCUT2D eigenvalue weighted by atomic mass is 10.6. The first-order valence-corrected chi connectivity index (χ1v) is 10.1. The first-order valence-electron chi connectivity index (χ1n) is 6.13. The molecule has 2 heterocycles. The van der Waals surface area contributed by atoms with Crippen LogP contribution in [0.25, 0.3) is 0 Å². The molecule has 8 nitrogen and oxygen atoms in total. The van der Waals surface area contributed by atoms with Crippen molar-refractivity contribution in [2.75, 3.05) is 24.6 Å². The summed E-state index contributed by atoms with van der Waals surface area (Å²) in [5, 5.41) is 0. The van der Waals surface area contributed by atoms with Crippen molar-refractivity contribution in [2.24, 2.45) is 7.05 Å². The number of thioether (sulfide) groups is 1. The van der Waals surface area contributed by atoms with E-state index in [9.17, 15) is 30.0 Å². The molecule has 1 fully saturated rings. The van der Waals surface area contributed by atoms with Crippen molar-refractivity contribution in [2.45, 2.75) is 5.51 Å². The van der Waals surface area contributed by atoms with Crippen molar-refractivity contribution >= 4 is 32.1 Å². The van der Waals surface area contributed by atoms with Crippen molar-refractivity contribution in [3.8, 4) is 6.01 Å². The lowest BCUT2D eigenvalue weighted by Gasteiger charge is -2.23. The predicted molar refractivity (Wildman–Crippen MR) is 74.4 cm³/mol. The van der Waals surface area contributed by atoms with Crippen LogP contribution in [0.1, 0.15) is 0 Å². The van der Waals surface area contributed by atoms with E-state index in [1.165, 1.54) is 18.8 Å². The van der Waals surface area contributed by atoms with E-state index >= 15 is 0 Å². The topological polar surface area (TPSA) is 89.6 Å². The Morgan fingerprint density at radius 2 is 1.78 bits per heavy atom. The van der Waals surface area contributed by atoms with Gasteiger partial charge in [0, 0.05) is 24.6 Å². The molecule has 1 aliphatic rings. The van der Waals surface area contributed by atoms with Crippen molar-refractivity contribution in [3.63, 3.8) is 0 Å². The number of alkyl halides is 3. The van der Waals surface area contributed by atoms with Crippen LogP contribution in [0.4, 0.5) is 13.2 Å². The second-order valence-electron chi connectivity index (χ2n) is 4.49. The van der Waals surface area contributed by atoms with E-state index in [0.29, 0.717) is 15.5 Å². The molecule has 0 aliphatic carbocycles. The van der Waals surface area contributed by atoms with Crippen LogP contribution >= 0.6 is 11.8 Å². The summed E-state index contributed by atoms with van der Waals surface area (Å²) in [6.45, 7) is 0.334. The van der Waals surface area contributed by atoms with Crippen molar-refractivity contribution in [1.29, 1.82) is 0 Å². The minimum absolute atomic E-state index is 0.167. The van der Waals surface area contributed by atoms with Gasteiger partial charge >= 0.3 is 31.8 Å². The van der Waals surface area contributed by atoms with Gasteiger partial charge in [-0.1, -0.05) is 3.97 Å². The number of hydrogen-bond acceptors (Lipinski definition) is 6. The average molecular weight is 396 g/mol. The first kappa shape index (κ1) is 18.4. The fourth-order valence-electron chi connectivity index (χ4n) is 1.76. The van der Waals surface area contributed by atoms with Crippen LogP contribution in [-0.2, 0) is 27.4 Å². The number of nitrogens with zero attached hydrogens (tertiary/aromatic N) is 3. The summed E-state index contributed by atoms with van der Waals surface area (Å²) in [5.41, 5.74) is -5.67. The predicted octanol–water partition coefficient (Wildman–Crippen LogP) is -0.317. The number of aromatic nitrogens is 2. The highest BCUT2D eigenvalue weighted by Crippen LogP contribution is 2.27. The van der Waals surface area contributed by atoms with Gasteiger partial charge in [-0.15, -0.1) is 0 Å². The van der Waals surface area contributed by atoms with Crippen LogP contribution in [0.5, 0.6) is 6.01 Å². The highest BCUT2D eigenvalue weighted by Gasteiger charge is 2.51. The normalized spacial score (nSPS) is 18.1. The zero-order valence-electron chi connectivity index (χ0n) is 11.7. The maximum atomic E-state index is 12.5. The summed E-state index contributed by atoms with van der Waals surface area (Å²) in [6, 6.07) is -0.972. The Balaban J connectivity index is 2.43. The lowest BCUT2D eigenvalue weighted by molar-refractivity contribution is -0.673. The third-order valence-corrected chi connectivity index (χ3v) is 6.60. The van der Waals surface area contributed by atoms with Crippen molar-refractivity contribution < 1.29 is 38.8 Å². The molecule has 1 aromatic rings. The smallest absolute Gasteiger partial charge is 0.301 e. The third-order valence-electron chi connectivity index (χ3n) is 2.93. The van der Waals surface area contributed by atoms with Crippen molar-refractivity contribution in [1.82, 2.24) is 8.28 Å². The highest BCUT2D eigenvalue weighted by atomic mass is 32.2. The number of rotatable bonds is 4. The lowest BCUT2D eigenvalue weighted by Crippen LogP contribution is -2.43. The zero-order chi connectivity index (χ0) is 17.5. The van der Waals surface area contributed by atoms with Crippen LogP contribution < -0.4 is 8.75 Å². The molecular formula is C9H13F3N3O5S3+. The van der Waals surface area contributed by atoms with E-state index in [4.69, 9.17) is 0 Å². The molecule has 0 amide bonds. The van der Waals surface area contributed by atoms with Crippen LogP contribution in [0.3, 0.4) is 0 Å². The number of hydrogen-bond donors (Lipinski definition) is 0. The fraction of sp³-hybridized carbons (Fsp3) is 0.667. The van der Waals surface area contributed by atoms with E-state index in [0.717, 1.165) is 21.3 Å². The van der Waals surface area contributed by atoms with Crippen LogP contribution in [-0.4, -0.2) is 55.2 Å². The second-order valence-corrected chi connectivity index (χ2v) is 9.06. The minimum atomic E-state index is -5.99. The molecule has 0 spiro atoms. The summed E-state index contributed by atoms with van der Waals surface area (Å²) >= 11 is 1.54. The quantitative estimate of drug-likeness (QED) is 0.394. The van der Waals surface area contributed by atoms with E-state index in [2.05, 4.69) is 4.18 Å². The molecule has 0 bridgehead atoms. The molecular weight excluding hydrogens is 383 g/mol. The van der Waals surface area contributed by atoms with Gasteiger partial charge in [0.1, 0.15) is 6.20 Å². The summed E-state index contributed by atoms with van der Waals surface area (Å²) in [6.07, 6.45) is 2.01.